The normalized spacial score (nSPS) is 12.7. The van der Waals surface area contributed by atoms with Crippen LogP contribution in [0.15, 0.2) is 30.3 Å². The van der Waals surface area contributed by atoms with Crippen molar-refractivity contribution < 1.29 is 38.2 Å². The first kappa shape index (κ1) is 33.4. The second kappa shape index (κ2) is 16.4. The lowest BCUT2D eigenvalue weighted by Crippen LogP contribution is -2.53. The Morgan fingerprint density at radius 1 is 0.897 bits per heavy atom. The van der Waals surface area contributed by atoms with Gasteiger partial charge >= 0.3 is 18.0 Å². The predicted octanol–water partition coefficient (Wildman–Crippen LogP) is 3.00. The van der Waals surface area contributed by atoms with E-state index >= 15 is 0 Å². The second-order valence-electron chi connectivity index (χ2n) is 10.8. The van der Waals surface area contributed by atoms with Crippen molar-refractivity contribution in [2.75, 3.05) is 6.54 Å². The summed E-state index contributed by atoms with van der Waals surface area (Å²) < 4.78 is 15.7. The van der Waals surface area contributed by atoms with E-state index in [-0.39, 0.29) is 31.6 Å². The van der Waals surface area contributed by atoms with Crippen LogP contribution >= 0.6 is 0 Å². The summed E-state index contributed by atoms with van der Waals surface area (Å²) in [6.45, 7) is 12.3. The van der Waals surface area contributed by atoms with Gasteiger partial charge in [-0.1, -0.05) is 44.2 Å². The summed E-state index contributed by atoms with van der Waals surface area (Å²) in [7, 11) is 0. The van der Waals surface area contributed by atoms with E-state index in [9.17, 15) is 24.0 Å². The number of carbonyl (C=O) groups excluding carboxylic acids is 5. The maximum atomic E-state index is 13.2. The standard InChI is InChI=1S/C28H43N3O8/c1-18(2)15-22(26(35)38-19(3)4)31-25(34)21(16-24(33)37-17-20-11-9-8-10-12-20)30-23(32)13-14-29-27(36)39-28(5,6)7/h8-12,18-19,21-22H,13-17H2,1-7H3,(H,29,36)(H,30,32)(H,31,34)/t21-,22-/m0/s1. The Bertz CT molecular complexity index is 957. The van der Waals surface area contributed by atoms with Gasteiger partial charge in [-0.25, -0.2) is 9.59 Å². The molecule has 0 saturated heterocycles. The smallest absolute Gasteiger partial charge is 0.407 e. The average Bonchev–Trinajstić information content (AvgIpc) is 2.80. The summed E-state index contributed by atoms with van der Waals surface area (Å²) in [5.41, 5.74) is 0.0661. The molecule has 1 aromatic rings. The number of alkyl carbamates (subject to hydrolysis) is 1. The molecule has 0 radical (unpaired) electrons. The molecule has 0 aliphatic rings. The monoisotopic (exact) mass is 549 g/mol. The Balaban J connectivity index is 2.89. The average molecular weight is 550 g/mol. The van der Waals surface area contributed by atoms with Crippen molar-refractivity contribution >= 4 is 29.8 Å². The zero-order chi connectivity index (χ0) is 29.6. The van der Waals surface area contributed by atoms with Crippen molar-refractivity contribution in [2.24, 2.45) is 5.92 Å². The summed E-state index contributed by atoms with van der Waals surface area (Å²) in [6, 6.07) is 6.72. The number of esters is 2. The van der Waals surface area contributed by atoms with Crippen LogP contribution in [0.4, 0.5) is 4.79 Å². The van der Waals surface area contributed by atoms with Crippen LogP contribution in [-0.4, -0.2) is 60.2 Å². The molecule has 0 fully saturated rings. The molecule has 0 heterocycles. The second-order valence-corrected chi connectivity index (χ2v) is 10.8. The molecule has 218 valence electrons. The Kier molecular flexibility index (Phi) is 14.0. The molecule has 3 amide bonds. The van der Waals surface area contributed by atoms with Gasteiger partial charge in [-0.05, 0) is 52.5 Å². The van der Waals surface area contributed by atoms with Crippen LogP contribution in [0, 0.1) is 5.92 Å². The molecule has 0 aromatic heterocycles. The number of amides is 3. The zero-order valence-corrected chi connectivity index (χ0v) is 24.0. The van der Waals surface area contributed by atoms with Crippen molar-refractivity contribution in [3.63, 3.8) is 0 Å². The molecule has 3 N–H and O–H groups in total. The number of hydrogen-bond donors (Lipinski definition) is 3. The molecular weight excluding hydrogens is 506 g/mol. The van der Waals surface area contributed by atoms with Gasteiger partial charge in [0.15, 0.2) is 0 Å². The zero-order valence-electron chi connectivity index (χ0n) is 24.0. The van der Waals surface area contributed by atoms with Crippen molar-refractivity contribution in [1.29, 1.82) is 0 Å². The molecular formula is C28H43N3O8. The Morgan fingerprint density at radius 3 is 2.10 bits per heavy atom. The highest BCUT2D eigenvalue weighted by molar-refractivity contribution is 5.93. The lowest BCUT2D eigenvalue weighted by Gasteiger charge is -2.24. The van der Waals surface area contributed by atoms with Crippen LogP contribution in [0.2, 0.25) is 0 Å². The number of rotatable bonds is 14. The number of hydrogen-bond acceptors (Lipinski definition) is 8. The van der Waals surface area contributed by atoms with Gasteiger partial charge in [-0.3, -0.25) is 14.4 Å². The van der Waals surface area contributed by atoms with Gasteiger partial charge in [0.05, 0.1) is 12.5 Å². The maximum absolute atomic E-state index is 13.2. The van der Waals surface area contributed by atoms with Gasteiger partial charge in [-0.2, -0.15) is 0 Å². The molecule has 1 aromatic carbocycles. The lowest BCUT2D eigenvalue weighted by molar-refractivity contribution is -0.152. The van der Waals surface area contributed by atoms with E-state index in [1.54, 1.807) is 58.9 Å². The van der Waals surface area contributed by atoms with Crippen LogP contribution in [-0.2, 0) is 40.0 Å². The number of carbonyl (C=O) groups is 5. The van der Waals surface area contributed by atoms with Crippen molar-refractivity contribution in [3.8, 4) is 0 Å². The first-order valence-corrected chi connectivity index (χ1v) is 13.1. The minimum atomic E-state index is -1.32. The third-order valence-electron chi connectivity index (χ3n) is 4.95. The third kappa shape index (κ3) is 15.4. The van der Waals surface area contributed by atoms with E-state index in [0.717, 1.165) is 5.56 Å². The van der Waals surface area contributed by atoms with Crippen molar-refractivity contribution in [1.82, 2.24) is 16.0 Å². The molecule has 11 nitrogen and oxygen atoms in total. The van der Waals surface area contributed by atoms with Gasteiger partial charge in [0, 0.05) is 13.0 Å². The molecule has 0 saturated carbocycles. The summed E-state index contributed by atoms with van der Waals surface area (Å²) in [4.78, 5) is 62.8. The molecule has 0 spiro atoms. The van der Waals surface area contributed by atoms with Crippen LogP contribution < -0.4 is 16.0 Å². The first-order valence-electron chi connectivity index (χ1n) is 13.1. The fourth-order valence-electron chi connectivity index (χ4n) is 3.30. The number of nitrogens with one attached hydrogen (secondary N) is 3. The molecule has 1 rings (SSSR count). The molecule has 11 heteroatoms. The van der Waals surface area contributed by atoms with Crippen LogP contribution in [0.3, 0.4) is 0 Å². The molecule has 0 aliphatic carbocycles. The Morgan fingerprint density at radius 2 is 1.54 bits per heavy atom. The summed E-state index contributed by atoms with van der Waals surface area (Å²) in [6.07, 6.45) is -1.40. The van der Waals surface area contributed by atoms with E-state index in [4.69, 9.17) is 14.2 Å². The number of benzene rings is 1. The van der Waals surface area contributed by atoms with Crippen LogP contribution in [0.25, 0.3) is 0 Å². The highest BCUT2D eigenvalue weighted by Gasteiger charge is 2.30. The lowest BCUT2D eigenvalue weighted by atomic mass is 10.0. The van der Waals surface area contributed by atoms with Gasteiger partial charge in [0.1, 0.15) is 24.3 Å². The van der Waals surface area contributed by atoms with E-state index < -0.39 is 54.0 Å². The van der Waals surface area contributed by atoms with E-state index in [1.165, 1.54) is 0 Å². The fourth-order valence-corrected chi connectivity index (χ4v) is 3.30. The fraction of sp³-hybridized carbons (Fsp3) is 0.607. The third-order valence-corrected chi connectivity index (χ3v) is 4.95. The molecule has 0 unspecified atom stereocenters. The van der Waals surface area contributed by atoms with Crippen molar-refractivity contribution in [2.45, 2.75) is 98.1 Å². The van der Waals surface area contributed by atoms with Crippen molar-refractivity contribution in [3.05, 3.63) is 35.9 Å². The summed E-state index contributed by atoms with van der Waals surface area (Å²) in [5, 5.41) is 7.59. The minimum Gasteiger partial charge on any atom is -0.461 e. The van der Waals surface area contributed by atoms with Gasteiger partial charge in [0.25, 0.3) is 0 Å². The molecule has 0 bridgehead atoms. The highest BCUT2D eigenvalue weighted by atomic mass is 16.6. The Hall–Kier alpha value is -3.63. The Labute approximate surface area is 230 Å². The van der Waals surface area contributed by atoms with E-state index in [1.807, 2.05) is 19.9 Å². The topological polar surface area (TPSA) is 149 Å². The summed E-state index contributed by atoms with van der Waals surface area (Å²) >= 11 is 0. The van der Waals surface area contributed by atoms with Gasteiger partial charge < -0.3 is 30.2 Å². The van der Waals surface area contributed by atoms with Crippen LogP contribution in [0.5, 0.6) is 0 Å². The largest absolute Gasteiger partial charge is 0.461 e. The summed E-state index contributed by atoms with van der Waals surface area (Å²) in [5.74, 6) is -2.58. The van der Waals surface area contributed by atoms with Gasteiger partial charge in [0.2, 0.25) is 11.8 Å². The molecule has 39 heavy (non-hydrogen) atoms. The van der Waals surface area contributed by atoms with E-state index in [2.05, 4.69) is 16.0 Å². The van der Waals surface area contributed by atoms with Crippen LogP contribution in [0.1, 0.15) is 73.3 Å². The van der Waals surface area contributed by atoms with E-state index in [0.29, 0.717) is 6.42 Å². The molecule has 0 aliphatic heterocycles. The first-order chi connectivity index (χ1) is 18.2. The number of ether oxygens (including phenoxy) is 3. The minimum absolute atomic E-state index is 0.00153. The highest BCUT2D eigenvalue weighted by Crippen LogP contribution is 2.10. The SMILES string of the molecule is CC(C)C[C@H](NC(=O)[C@H](CC(=O)OCc1ccccc1)NC(=O)CCNC(=O)OC(C)(C)C)C(=O)OC(C)C. The quantitative estimate of drug-likeness (QED) is 0.237. The maximum Gasteiger partial charge on any atom is 0.407 e. The van der Waals surface area contributed by atoms with Gasteiger partial charge in [-0.15, -0.1) is 0 Å². The predicted molar refractivity (Wildman–Crippen MR) is 144 cm³/mol. The molecule has 2 atom stereocenters.